The van der Waals surface area contributed by atoms with Crippen LogP contribution in [0.2, 0.25) is 5.02 Å². The van der Waals surface area contributed by atoms with Crippen molar-refractivity contribution in [2.45, 2.75) is 62.1 Å². The van der Waals surface area contributed by atoms with Crippen LogP contribution >= 0.6 is 23.4 Å². The number of aliphatic hydroxyl groups is 1. The molecule has 0 aliphatic carbocycles. The maximum atomic E-state index is 14.6. The second kappa shape index (κ2) is 10.7. The van der Waals surface area contributed by atoms with Gasteiger partial charge in [0, 0.05) is 11.8 Å². The van der Waals surface area contributed by atoms with Gasteiger partial charge in [-0.05, 0) is 43.7 Å². The molecule has 2 fully saturated rings. The summed E-state index contributed by atoms with van der Waals surface area (Å²) in [5, 5.41) is 10.6. The molecule has 0 aromatic heterocycles. The average molecular weight is 559 g/mol. The van der Waals surface area contributed by atoms with Crippen LogP contribution in [0.4, 0.5) is 5.69 Å². The molecule has 0 radical (unpaired) electrons. The highest BCUT2D eigenvalue weighted by molar-refractivity contribution is 8.02. The Bertz CT molecular complexity index is 1170. The van der Waals surface area contributed by atoms with Crippen molar-refractivity contribution >= 4 is 46.8 Å². The van der Waals surface area contributed by atoms with Crippen LogP contribution in [0.15, 0.2) is 42.5 Å². The summed E-state index contributed by atoms with van der Waals surface area (Å²) >= 11 is 8.12. The molecule has 38 heavy (non-hydrogen) atoms. The number of ether oxygens (including phenoxy) is 1. The SMILES string of the molecule is Cc1cccc(Cl)c1N1CC=C[C@]23S[C@H]4/C=C\CCCOC(=O)[C@H]4[C@H]2C(=O)N([C@@H](CO)CC(C)C)C3C1=O. The van der Waals surface area contributed by atoms with Crippen LogP contribution < -0.4 is 4.90 Å². The first-order chi connectivity index (χ1) is 18.2. The fourth-order valence-corrected chi connectivity index (χ4v) is 8.88. The number of rotatable bonds is 5. The molecule has 0 saturated carbocycles. The lowest BCUT2D eigenvalue weighted by Crippen LogP contribution is -2.57. The molecule has 5 rings (SSSR count). The number of carbonyl (C=O) groups excluding carboxylic acids is 3. The van der Waals surface area contributed by atoms with E-state index in [9.17, 15) is 19.5 Å². The molecule has 4 aliphatic rings. The van der Waals surface area contributed by atoms with E-state index in [4.69, 9.17) is 16.3 Å². The minimum atomic E-state index is -0.972. The summed E-state index contributed by atoms with van der Waals surface area (Å²) in [7, 11) is 0. The van der Waals surface area contributed by atoms with Crippen LogP contribution in [0, 0.1) is 24.7 Å². The number of benzene rings is 1. The van der Waals surface area contributed by atoms with Crippen molar-refractivity contribution in [3.05, 3.63) is 53.1 Å². The van der Waals surface area contributed by atoms with Crippen LogP contribution in [-0.2, 0) is 19.1 Å². The molecule has 9 heteroatoms. The minimum Gasteiger partial charge on any atom is -0.465 e. The molecule has 1 spiro atoms. The molecule has 4 heterocycles. The van der Waals surface area contributed by atoms with Crippen molar-refractivity contribution in [3.8, 4) is 0 Å². The third-order valence-corrected chi connectivity index (χ3v) is 10.1. The number of cyclic esters (lactones) is 1. The van der Waals surface area contributed by atoms with E-state index in [0.717, 1.165) is 18.4 Å². The predicted molar refractivity (Wildman–Crippen MR) is 149 cm³/mol. The van der Waals surface area contributed by atoms with Gasteiger partial charge in [-0.15, -0.1) is 11.8 Å². The highest BCUT2D eigenvalue weighted by Gasteiger charge is 2.71. The Morgan fingerprint density at radius 1 is 1.21 bits per heavy atom. The third-order valence-electron chi connectivity index (χ3n) is 8.10. The molecule has 1 unspecified atom stereocenters. The molecule has 1 aromatic carbocycles. The van der Waals surface area contributed by atoms with Gasteiger partial charge in [0.25, 0.3) is 5.91 Å². The van der Waals surface area contributed by atoms with E-state index in [-0.39, 0.29) is 29.6 Å². The summed E-state index contributed by atoms with van der Waals surface area (Å²) in [6, 6.07) is 4.06. The molecular formula is C29H35ClN2O5S. The van der Waals surface area contributed by atoms with Gasteiger partial charge in [0.2, 0.25) is 5.91 Å². The molecule has 2 amide bonds. The van der Waals surface area contributed by atoms with Crippen LogP contribution in [0.25, 0.3) is 0 Å². The Labute approximate surface area is 233 Å². The lowest BCUT2D eigenvalue weighted by molar-refractivity contribution is -0.153. The van der Waals surface area contributed by atoms with Crippen LogP contribution in [0.5, 0.6) is 0 Å². The molecule has 1 aromatic rings. The number of likely N-dealkylation sites (tertiary alicyclic amines) is 1. The summed E-state index contributed by atoms with van der Waals surface area (Å²) < 4.78 is 4.66. The lowest BCUT2D eigenvalue weighted by Gasteiger charge is -2.39. The van der Waals surface area contributed by atoms with Gasteiger partial charge in [-0.2, -0.15) is 0 Å². The summed E-state index contributed by atoms with van der Waals surface area (Å²) in [6.07, 6.45) is 10.0. The van der Waals surface area contributed by atoms with Gasteiger partial charge in [0.15, 0.2) is 0 Å². The first kappa shape index (κ1) is 27.3. The number of hydrogen-bond acceptors (Lipinski definition) is 6. The number of para-hydroxylation sites is 1. The first-order valence-corrected chi connectivity index (χ1v) is 14.6. The number of nitrogens with zero attached hydrogens (tertiary/aromatic N) is 2. The number of fused-ring (bicyclic) bond motifs is 2. The van der Waals surface area contributed by atoms with E-state index in [1.165, 1.54) is 11.8 Å². The molecule has 204 valence electrons. The van der Waals surface area contributed by atoms with E-state index in [1.54, 1.807) is 15.9 Å². The molecule has 7 nitrogen and oxygen atoms in total. The molecule has 0 bridgehead atoms. The standard InChI is InChI=1S/C29H35ClN2O5S/c1-17(2)15-19(16-33)32-25-27(35)31(24-18(3)9-7-10-20(24)30)13-8-12-29(25)23(26(32)34)22-21(38-29)11-5-4-6-14-37-28(22)36/h5,7-12,17,19,21-23,25,33H,4,6,13-16H2,1-3H3/b11-5-/t19-,21+,22-,23+,25?,29+/m1/s1. The Hall–Kier alpha value is -2.29. The summed E-state index contributed by atoms with van der Waals surface area (Å²) in [4.78, 5) is 45.6. The second-order valence-corrected chi connectivity index (χ2v) is 12.9. The average Bonchev–Trinajstić information content (AvgIpc) is 3.28. The van der Waals surface area contributed by atoms with E-state index >= 15 is 0 Å². The third kappa shape index (κ3) is 4.38. The van der Waals surface area contributed by atoms with E-state index in [2.05, 4.69) is 6.08 Å². The van der Waals surface area contributed by atoms with Crippen LogP contribution in [0.1, 0.15) is 38.7 Å². The van der Waals surface area contributed by atoms with E-state index < -0.39 is 34.6 Å². The van der Waals surface area contributed by atoms with Crippen molar-refractivity contribution < 1.29 is 24.2 Å². The maximum absolute atomic E-state index is 14.6. The number of amides is 2. The summed E-state index contributed by atoms with van der Waals surface area (Å²) in [5.41, 5.74) is 1.47. The van der Waals surface area contributed by atoms with Gasteiger partial charge in [-0.3, -0.25) is 14.4 Å². The van der Waals surface area contributed by atoms with E-state index in [1.807, 2.05) is 51.1 Å². The molecular weight excluding hydrogens is 524 g/mol. The predicted octanol–water partition coefficient (Wildman–Crippen LogP) is 4.15. The Morgan fingerprint density at radius 2 is 2.00 bits per heavy atom. The van der Waals surface area contributed by atoms with E-state index in [0.29, 0.717) is 30.3 Å². The van der Waals surface area contributed by atoms with Crippen molar-refractivity contribution in [2.75, 3.05) is 24.7 Å². The molecule has 6 atom stereocenters. The van der Waals surface area contributed by atoms with Gasteiger partial charge in [-0.1, -0.05) is 61.9 Å². The highest BCUT2D eigenvalue weighted by atomic mass is 35.5. The van der Waals surface area contributed by atoms with Crippen molar-refractivity contribution in [1.29, 1.82) is 0 Å². The number of halogens is 1. The largest absolute Gasteiger partial charge is 0.465 e. The lowest BCUT2D eigenvalue weighted by atomic mass is 9.78. The number of aliphatic hydroxyl groups excluding tert-OH is 1. The van der Waals surface area contributed by atoms with Crippen molar-refractivity contribution in [2.24, 2.45) is 17.8 Å². The number of esters is 1. The highest BCUT2D eigenvalue weighted by Crippen LogP contribution is 2.61. The fraction of sp³-hybridized carbons (Fsp3) is 0.552. The van der Waals surface area contributed by atoms with Gasteiger partial charge < -0.3 is 19.6 Å². The zero-order valence-corrected chi connectivity index (χ0v) is 23.6. The number of hydrogen-bond donors (Lipinski definition) is 1. The topological polar surface area (TPSA) is 87.2 Å². The minimum absolute atomic E-state index is 0.188. The number of carbonyl (C=O) groups is 3. The summed E-state index contributed by atoms with van der Waals surface area (Å²) in [6.45, 7) is 6.29. The quantitative estimate of drug-likeness (QED) is 0.431. The van der Waals surface area contributed by atoms with Gasteiger partial charge >= 0.3 is 5.97 Å². The second-order valence-electron chi connectivity index (χ2n) is 11.0. The Balaban J connectivity index is 1.67. The zero-order valence-electron chi connectivity index (χ0n) is 22.0. The van der Waals surface area contributed by atoms with Crippen molar-refractivity contribution in [3.63, 3.8) is 0 Å². The maximum Gasteiger partial charge on any atom is 0.311 e. The molecule has 1 N–H and O–H groups in total. The number of anilines is 1. The van der Waals surface area contributed by atoms with Gasteiger partial charge in [-0.25, -0.2) is 0 Å². The normalized spacial score (nSPS) is 32.6. The first-order valence-electron chi connectivity index (χ1n) is 13.4. The molecule has 4 aliphatic heterocycles. The number of aryl methyl sites for hydroxylation is 1. The van der Waals surface area contributed by atoms with Gasteiger partial charge in [0.1, 0.15) is 6.04 Å². The number of allylic oxidation sites excluding steroid dienone is 1. The van der Waals surface area contributed by atoms with Crippen LogP contribution in [-0.4, -0.2) is 69.6 Å². The monoisotopic (exact) mass is 558 g/mol. The Morgan fingerprint density at radius 3 is 2.71 bits per heavy atom. The summed E-state index contributed by atoms with van der Waals surface area (Å²) in [5.74, 6) is -2.20. The molecule has 2 saturated heterocycles. The van der Waals surface area contributed by atoms with Crippen molar-refractivity contribution in [1.82, 2.24) is 4.90 Å². The fourth-order valence-electron chi connectivity index (χ4n) is 6.57. The number of thioether (sulfide) groups is 1. The van der Waals surface area contributed by atoms with Crippen LogP contribution in [0.3, 0.4) is 0 Å². The van der Waals surface area contributed by atoms with Gasteiger partial charge in [0.05, 0.1) is 46.5 Å². The smallest absolute Gasteiger partial charge is 0.311 e. The Kier molecular flexibility index (Phi) is 7.68. The zero-order chi connectivity index (χ0) is 27.2.